The zero-order valence-corrected chi connectivity index (χ0v) is 12.9. The number of amides is 3. The highest BCUT2D eigenvalue weighted by atomic mass is 16.2. The van der Waals surface area contributed by atoms with E-state index in [9.17, 15) is 9.59 Å². The molecule has 21 heavy (non-hydrogen) atoms. The van der Waals surface area contributed by atoms with Gasteiger partial charge in [0.1, 0.15) is 6.54 Å². The molecule has 0 aromatic heterocycles. The van der Waals surface area contributed by atoms with Gasteiger partial charge in [0.25, 0.3) is 0 Å². The van der Waals surface area contributed by atoms with E-state index >= 15 is 0 Å². The minimum Gasteiger partial charge on any atom is -0.352 e. The van der Waals surface area contributed by atoms with E-state index in [4.69, 9.17) is 0 Å². The van der Waals surface area contributed by atoms with Gasteiger partial charge in [0.15, 0.2) is 0 Å². The molecule has 1 aliphatic rings. The van der Waals surface area contributed by atoms with Crippen molar-refractivity contribution in [2.75, 3.05) is 24.5 Å². The molecular formula is C16H23N3O2. The van der Waals surface area contributed by atoms with Crippen molar-refractivity contribution in [2.45, 2.75) is 33.2 Å². The number of nitrogens with one attached hydrogen (secondary N) is 1. The van der Waals surface area contributed by atoms with Gasteiger partial charge in [-0.15, -0.1) is 0 Å². The molecule has 0 aliphatic carbocycles. The van der Waals surface area contributed by atoms with Crippen LogP contribution < -0.4 is 10.2 Å². The molecule has 1 N–H and O–H groups in total. The predicted octanol–water partition coefficient (Wildman–Crippen LogP) is 2.02. The summed E-state index contributed by atoms with van der Waals surface area (Å²) in [6.45, 7) is 7.01. The third-order valence-electron chi connectivity index (χ3n) is 3.55. The topological polar surface area (TPSA) is 52.7 Å². The Balaban J connectivity index is 2.06. The maximum Gasteiger partial charge on any atom is 0.324 e. The molecule has 0 atom stereocenters. The number of urea groups is 1. The van der Waals surface area contributed by atoms with E-state index in [0.717, 1.165) is 12.1 Å². The van der Waals surface area contributed by atoms with Gasteiger partial charge in [0.05, 0.1) is 0 Å². The van der Waals surface area contributed by atoms with Gasteiger partial charge in [-0.1, -0.05) is 18.2 Å². The predicted molar refractivity (Wildman–Crippen MR) is 83.4 cm³/mol. The number of carbonyl (C=O) groups is 2. The van der Waals surface area contributed by atoms with Crippen LogP contribution in [-0.2, 0) is 11.2 Å². The number of carbonyl (C=O) groups excluding carboxylic acids is 2. The molecule has 0 spiro atoms. The molecule has 3 amide bonds. The molecule has 1 heterocycles. The molecule has 0 fully saturated rings. The first kappa shape index (κ1) is 15.4. The first-order valence-electron chi connectivity index (χ1n) is 7.46. The Morgan fingerprint density at radius 3 is 2.71 bits per heavy atom. The molecule has 0 saturated carbocycles. The first-order chi connectivity index (χ1) is 10.0. The van der Waals surface area contributed by atoms with Gasteiger partial charge >= 0.3 is 6.03 Å². The molecule has 0 radical (unpaired) electrons. The molecule has 1 aromatic rings. The van der Waals surface area contributed by atoms with Gasteiger partial charge < -0.3 is 10.2 Å². The maximum absolute atomic E-state index is 12.6. The zero-order chi connectivity index (χ0) is 15.4. The second kappa shape index (κ2) is 6.61. The number of nitrogens with zero attached hydrogens (tertiary/aromatic N) is 2. The Morgan fingerprint density at radius 2 is 2.05 bits per heavy atom. The minimum atomic E-state index is -0.118. The van der Waals surface area contributed by atoms with Crippen LogP contribution in [0.3, 0.4) is 0 Å². The lowest BCUT2D eigenvalue weighted by Gasteiger charge is -2.27. The van der Waals surface area contributed by atoms with E-state index in [1.54, 1.807) is 9.80 Å². The average molecular weight is 289 g/mol. The molecule has 1 aromatic carbocycles. The Morgan fingerprint density at radius 1 is 1.33 bits per heavy atom. The van der Waals surface area contributed by atoms with Crippen molar-refractivity contribution in [2.24, 2.45) is 0 Å². The fourth-order valence-electron chi connectivity index (χ4n) is 2.56. The van der Waals surface area contributed by atoms with Crippen molar-refractivity contribution in [1.82, 2.24) is 10.2 Å². The molecule has 5 heteroatoms. The number of fused-ring (bicyclic) bond motifs is 1. The van der Waals surface area contributed by atoms with Crippen LogP contribution in [0.15, 0.2) is 24.3 Å². The summed E-state index contributed by atoms with van der Waals surface area (Å²) in [5.41, 5.74) is 2.15. The smallest absolute Gasteiger partial charge is 0.324 e. The van der Waals surface area contributed by atoms with Gasteiger partial charge in [-0.2, -0.15) is 0 Å². The van der Waals surface area contributed by atoms with Crippen molar-refractivity contribution in [3.8, 4) is 0 Å². The van der Waals surface area contributed by atoms with E-state index in [2.05, 4.69) is 5.32 Å². The summed E-state index contributed by atoms with van der Waals surface area (Å²) in [6.07, 6.45) is 0.873. The molecule has 1 aliphatic heterocycles. The summed E-state index contributed by atoms with van der Waals surface area (Å²) in [4.78, 5) is 27.8. The number of hydrogen-bond donors (Lipinski definition) is 1. The van der Waals surface area contributed by atoms with Gasteiger partial charge in [0, 0.05) is 24.8 Å². The quantitative estimate of drug-likeness (QED) is 0.922. The van der Waals surface area contributed by atoms with Crippen molar-refractivity contribution in [1.29, 1.82) is 0 Å². The van der Waals surface area contributed by atoms with Crippen LogP contribution in [0, 0.1) is 0 Å². The second-order valence-electron chi connectivity index (χ2n) is 5.55. The summed E-state index contributed by atoms with van der Waals surface area (Å²) >= 11 is 0. The van der Waals surface area contributed by atoms with Gasteiger partial charge in [0.2, 0.25) is 5.91 Å². The second-order valence-corrected chi connectivity index (χ2v) is 5.55. The first-order valence-corrected chi connectivity index (χ1v) is 7.46. The highest BCUT2D eigenvalue weighted by Crippen LogP contribution is 2.28. The number of rotatable bonds is 4. The zero-order valence-electron chi connectivity index (χ0n) is 12.9. The third-order valence-corrected chi connectivity index (χ3v) is 3.55. The van der Waals surface area contributed by atoms with Gasteiger partial charge in [-0.05, 0) is 38.8 Å². The van der Waals surface area contributed by atoms with E-state index in [-0.39, 0.29) is 24.5 Å². The van der Waals surface area contributed by atoms with Crippen LogP contribution in [0.25, 0.3) is 0 Å². The van der Waals surface area contributed by atoms with Crippen LogP contribution in [0.2, 0.25) is 0 Å². The van der Waals surface area contributed by atoms with E-state index in [1.807, 2.05) is 45.0 Å². The highest BCUT2D eigenvalue weighted by Gasteiger charge is 2.28. The van der Waals surface area contributed by atoms with Gasteiger partial charge in [-0.25, -0.2) is 4.79 Å². The molecule has 0 saturated heterocycles. The van der Waals surface area contributed by atoms with E-state index in [0.29, 0.717) is 13.1 Å². The monoisotopic (exact) mass is 289 g/mol. The van der Waals surface area contributed by atoms with E-state index < -0.39 is 0 Å². The van der Waals surface area contributed by atoms with Crippen LogP contribution in [-0.4, -0.2) is 42.5 Å². The Bertz CT molecular complexity index is 528. The number of likely N-dealkylation sites (N-methyl/N-ethyl adjacent to an activating group) is 1. The largest absolute Gasteiger partial charge is 0.352 e. The van der Waals surface area contributed by atoms with Crippen LogP contribution in [0.4, 0.5) is 10.5 Å². The normalized spacial score (nSPS) is 13.2. The summed E-state index contributed by atoms with van der Waals surface area (Å²) < 4.78 is 0. The molecule has 2 rings (SSSR count). The summed E-state index contributed by atoms with van der Waals surface area (Å²) in [6, 6.07) is 7.92. The number of hydrogen-bond acceptors (Lipinski definition) is 2. The van der Waals surface area contributed by atoms with Crippen LogP contribution in [0.5, 0.6) is 0 Å². The lowest BCUT2D eigenvalue weighted by atomic mass is 10.2. The Labute approximate surface area is 125 Å². The molecular weight excluding hydrogens is 266 g/mol. The average Bonchev–Trinajstić information content (AvgIpc) is 2.87. The SMILES string of the molecule is CCN(CC(=O)NC(C)C)C(=O)N1CCc2ccccc21. The molecule has 0 unspecified atom stereocenters. The number of para-hydroxylation sites is 1. The number of anilines is 1. The van der Waals surface area contributed by atoms with Crippen LogP contribution in [0.1, 0.15) is 26.3 Å². The highest BCUT2D eigenvalue weighted by molar-refractivity contribution is 5.96. The lowest BCUT2D eigenvalue weighted by molar-refractivity contribution is -0.122. The van der Waals surface area contributed by atoms with Gasteiger partial charge in [-0.3, -0.25) is 9.69 Å². The standard InChI is InChI=1S/C16H23N3O2/c1-4-18(11-15(20)17-12(2)3)16(21)19-10-9-13-7-5-6-8-14(13)19/h5-8,12H,4,9-11H2,1-3H3,(H,17,20). The molecule has 114 valence electrons. The van der Waals surface area contributed by atoms with Crippen LogP contribution >= 0.6 is 0 Å². The summed E-state index contributed by atoms with van der Waals surface area (Å²) in [5, 5.41) is 2.82. The van der Waals surface area contributed by atoms with Crippen molar-refractivity contribution in [3.05, 3.63) is 29.8 Å². The van der Waals surface area contributed by atoms with Crippen molar-refractivity contribution >= 4 is 17.6 Å². The Hall–Kier alpha value is -2.04. The third kappa shape index (κ3) is 3.54. The summed E-state index contributed by atoms with van der Waals surface area (Å²) in [5.74, 6) is -0.118. The Kier molecular flexibility index (Phi) is 4.83. The molecule has 5 nitrogen and oxygen atoms in total. The fraction of sp³-hybridized carbons (Fsp3) is 0.500. The van der Waals surface area contributed by atoms with Crippen molar-refractivity contribution < 1.29 is 9.59 Å². The minimum absolute atomic E-state index is 0.0822. The van der Waals surface area contributed by atoms with E-state index in [1.165, 1.54) is 5.56 Å². The lowest BCUT2D eigenvalue weighted by Crippen LogP contribution is -2.48. The molecule has 0 bridgehead atoms. The van der Waals surface area contributed by atoms with Crippen molar-refractivity contribution in [3.63, 3.8) is 0 Å². The fourth-order valence-corrected chi connectivity index (χ4v) is 2.56. The number of benzene rings is 1. The maximum atomic E-state index is 12.6. The summed E-state index contributed by atoms with van der Waals surface area (Å²) in [7, 11) is 0.